The van der Waals surface area contributed by atoms with E-state index in [0.717, 1.165) is 28.3 Å². The molecule has 1 aromatic heterocycles. The molecular weight excluding hydrogens is 280 g/mol. The first kappa shape index (κ1) is 14.6. The maximum atomic E-state index is 12.6. The fraction of sp³-hybridized carbons (Fsp3) is 0.438. The number of carbonyl (C=O) groups is 1. The summed E-state index contributed by atoms with van der Waals surface area (Å²) in [6, 6.07) is 4.09. The lowest BCUT2D eigenvalue weighted by atomic mass is 10.1. The highest BCUT2D eigenvalue weighted by Crippen LogP contribution is 2.36. The third-order valence-corrected chi connectivity index (χ3v) is 3.80. The van der Waals surface area contributed by atoms with Gasteiger partial charge in [-0.15, -0.1) is 5.10 Å². The second-order valence-electron chi connectivity index (χ2n) is 5.71. The van der Waals surface area contributed by atoms with Crippen LogP contribution in [0.4, 0.5) is 5.69 Å². The molecule has 116 valence electrons. The predicted octanol–water partition coefficient (Wildman–Crippen LogP) is 1.79. The van der Waals surface area contributed by atoms with Gasteiger partial charge in [-0.3, -0.25) is 9.48 Å². The quantitative estimate of drug-likeness (QED) is 0.867. The number of hydrogen-bond donors (Lipinski definition) is 0. The molecule has 1 aliphatic rings. The molecule has 2 aromatic rings. The number of amides is 1. The lowest BCUT2D eigenvalue weighted by molar-refractivity contribution is -0.118. The van der Waals surface area contributed by atoms with Gasteiger partial charge < -0.3 is 9.64 Å². The van der Waals surface area contributed by atoms with Crippen LogP contribution in [0.3, 0.4) is 0 Å². The molecule has 0 N–H and O–H groups in total. The monoisotopic (exact) mass is 300 g/mol. The van der Waals surface area contributed by atoms with Crippen molar-refractivity contribution in [2.24, 2.45) is 7.05 Å². The molecule has 0 spiro atoms. The second kappa shape index (κ2) is 5.79. The van der Waals surface area contributed by atoms with Crippen LogP contribution in [0.5, 0.6) is 5.75 Å². The van der Waals surface area contributed by atoms with Crippen molar-refractivity contribution in [2.75, 3.05) is 18.1 Å². The van der Waals surface area contributed by atoms with E-state index in [1.807, 2.05) is 38.1 Å². The summed E-state index contributed by atoms with van der Waals surface area (Å²) in [5.41, 5.74) is 3.92. The number of carbonyl (C=O) groups excluding carboxylic acids is 1. The van der Waals surface area contributed by atoms with E-state index in [1.54, 1.807) is 4.68 Å². The molecule has 0 unspecified atom stereocenters. The van der Waals surface area contributed by atoms with E-state index >= 15 is 0 Å². The number of fused-ring (bicyclic) bond motifs is 1. The van der Waals surface area contributed by atoms with Crippen LogP contribution in [-0.2, 0) is 18.3 Å². The first-order valence-electron chi connectivity index (χ1n) is 7.44. The van der Waals surface area contributed by atoms with Crippen LogP contribution in [0, 0.1) is 13.8 Å². The predicted molar refractivity (Wildman–Crippen MR) is 83.1 cm³/mol. The molecule has 1 amide bonds. The van der Waals surface area contributed by atoms with Crippen molar-refractivity contribution in [1.29, 1.82) is 0 Å². The molecule has 0 fully saturated rings. The van der Waals surface area contributed by atoms with Gasteiger partial charge in [-0.1, -0.05) is 11.3 Å². The minimum absolute atomic E-state index is 0.0974. The van der Waals surface area contributed by atoms with Crippen LogP contribution in [0.2, 0.25) is 0 Å². The molecule has 0 radical (unpaired) electrons. The van der Waals surface area contributed by atoms with Crippen molar-refractivity contribution in [1.82, 2.24) is 15.0 Å². The zero-order chi connectivity index (χ0) is 15.7. The van der Waals surface area contributed by atoms with Gasteiger partial charge in [0.2, 0.25) is 5.91 Å². The average molecular weight is 300 g/mol. The summed E-state index contributed by atoms with van der Waals surface area (Å²) in [6.07, 6.45) is 2.87. The van der Waals surface area contributed by atoms with E-state index in [2.05, 4.69) is 16.4 Å². The van der Waals surface area contributed by atoms with Gasteiger partial charge in [0.1, 0.15) is 12.4 Å². The molecule has 6 nitrogen and oxygen atoms in total. The largest absolute Gasteiger partial charge is 0.489 e. The first-order valence-corrected chi connectivity index (χ1v) is 7.44. The van der Waals surface area contributed by atoms with Crippen LogP contribution < -0.4 is 9.64 Å². The Hall–Kier alpha value is -2.37. The van der Waals surface area contributed by atoms with Crippen molar-refractivity contribution in [3.8, 4) is 5.75 Å². The van der Waals surface area contributed by atoms with Crippen molar-refractivity contribution >= 4 is 11.6 Å². The van der Waals surface area contributed by atoms with Gasteiger partial charge in [-0.2, -0.15) is 0 Å². The lowest BCUT2D eigenvalue weighted by Crippen LogP contribution is -2.38. The van der Waals surface area contributed by atoms with Gasteiger partial charge in [0, 0.05) is 26.1 Å². The molecule has 1 aliphatic heterocycles. The SMILES string of the molecule is Cc1cc(C)c2c(c1)N(C(=O)CCc1cn(C)nn1)CCO2. The van der Waals surface area contributed by atoms with Gasteiger partial charge >= 0.3 is 0 Å². The van der Waals surface area contributed by atoms with E-state index in [-0.39, 0.29) is 5.91 Å². The van der Waals surface area contributed by atoms with Crippen molar-refractivity contribution in [2.45, 2.75) is 26.7 Å². The van der Waals surface area contributed by atoms with Crippen LogP contribution in [-0.4, -0.2) is 34.1 Å². The topological polar surface area (TPSA) is 60.2 Å². The van der Waals surface area contributed by atoms with E-state index in [1.165, 1.54) is 0 Å². The maximum Gasteiger partial charge on any atom is 0.227 e. The minimum Gasteiger partial charge on any atom is -0.489 e. The van der Waals surface area contributed by atoms with Crippen LogP contribution in [0.15, 0.2) is 18.3 Å². The molecule has 22 heavy (non-hydrogen) atoms. The van der Waals surface area contributed by atoms with Crippen LogP contribution in [0.25, 0.3) is 0 Å². The molecule has 0 bridgehead atoms. The molecule has 1 aromatic carbocycles. The number of ether oxygens (including phenoxy) is 1. The third kappa shape index (κ3) is 2.81. The highest BCUT2D eigenvalue weighted by Gasteiger charge is 2.25. The van der Waals surface area contributed by atoms with Gasteiger partial charge in [-0.25, -0.2) is 0 Å². The molecule has 0 atom stereocenters. The summed E-state index contributed by atoms with van der Waals surface area (Å²) >= 11 is 0. The molecule has 2 heterocycles. The lowest BCUT2D eigenvalue weighted by Gasteiger charge is -2.31. The third-order valence-electron chi connectivity index (χ3n) is 3.80. The molecule has 6 heteroatoms. The Balaban J connectivity index is 1.77. The molecule has 3 rings (SSSR count). The van der Waals surface area contributed by atoms with Gasteiger partial charge in [0.25, 0.3) is 0 Å². The highest BCUT2D eigenvalue weighted by molar-refractivity contribution is 5.95. The van der Waals surface area contributed by atoms with E-state index in [4.69, 9.17) is 4.74 Å². The average Bonchev–Trinajstić information content (AvgIpc) is 2.90. The van der Waals surface area contributed by atoms with Gasteiger partial charge in [-0.05, 0) is 31.0 Å². The zero-order valence-corrected chi connectivity index (χ0v) is 13.2. The summed E-state index contributed by atoms with van der Waals surface area (Å²) in [6.45, 7) is 5.17. The Morgan fingerprint density at radius 1 is 1.36 bits per heavy atom. The summed E-state index contributed by atoms with van der Waals surface area (Å²) in [7, 11) is 1.82. The summed E-state index contributed by atoms with van der Waals surface area (Å²) in [5, 5.41) is 7.91. The Morgan fingerprint density at radius 2 is 2.18 bits per heavy atom. The fourth-order valence-corrected chi connectivity index (χ4v) is 2.82. The number of rotatable bonds is 3. The highest BCUT2D eigenvalue weighted by atomic mass is 16.5. The number of anilines is 1. The number of hydrogen-bond acceptors (Lipinski definition) is 4. The van der Waals surface area contributed by atoms with Crippen molar-refractivity contribution in [3.05, 3.63) is 35.2 Å². The van der Waals surface area contributed by atoms with Gasteiger partial charge in [0.15, 0.2) is 0 Å². The zero-order valence-electron chi connectivity index (χ0n) is 13.2. The normalized spacial score (nSPS) is 13.7. The van der Waals surface area contributed by atoms with E-state index < -0.39 is 0 Å². The number of nitrogens with zero attached hydrogens (tertiary/aromatic N) is 4. The number of benzene rings is 1. The summed E-state index contributed by atoms with van der Waals surface area (Å²) in [4.78, 5) is 14.4. The number of aryl methyl sites for hydroxylation is 4. The Bertz CT molecular complexity index is 708. The maximum absolute atomic E-state index is 12.6. The van der Waals surface area contributed by atoms with Crippen molar-refractivity contribution in [3.63, 3.8) is 0 Å². The van der Waals surface area contributed by atoms with Crippen LogP contribution in [0.1, 0.15) is 23.2 Å². The van der Waals surface area contributed by atoms with E-state index in [9.17, 15) is 4.79 Å². The molecule has 0 aliphatic carbocycles. The summed E-state index contributed by atoms with van der Waals surface area (Å²) < 4.78 is 7.39. The molecular formula is C16H20N4O2. The molecule has 0 saturated carbocycles. The Morgan fingerprint density at radius 3 is 2.91 bits per heavy atom. The number of aromatic nitrogens is 3. The first-order chi connectivity index (χ1) is 10.5. The van der Waals surface area contributed by atoms with E-state index in [0.29, 0.717) is 26.0 Å². The fourth-order valence-electron chi connectivity index (χ4n) is 2.82. The van der Waals surface area contributed by atoms with Crippen LogP contribution >= 0.6 is 0 Å². The Kier molecular flexibility index (Phi) is 3.83. The molecule has 0 saturated heterocycles. The summed E-state index contributed by atoms with van der Waals surface area (Å²) in [5.74, 6) is 0.921. The smallest absolute Gasteiger partial charge is 0.227 e. The minimum atomic E-state index is 0.0974. The van der Waals surface area contributed by atoms with Crippen molar-refractivity contribution < 1.29 is 9.53 Å². The standard InChI is InChI=1S/C16H20N4O2/c1-11-8-12(2)16-14(9-11)20(6-7-22-16)15(21)5-4-13-10-19(3)18-17-13/h8-10H,4-7H2,1-3H3. The Labute approximate surface area is 129 Å². The second-order valence-corrected chi connectivity index (χ2v) is 5.71. The van der Waals surface area contributed by atoms with Gasteiger partial charge in [0.05, 0.1) is 17.9 Å².